The summed E-state index contributed by atoms with van der Waals surface area (Å²) in [5, 5.41) is 9.47. The Hall–Kier alpha value is -2.98. The predicted octanol–water partition coefficient (Wildman–Crippen LogP) is 6.81. The number of carbonyl (C=O) groups excluding carboxylic acids is 1. The number of anilines is 1. The number of hydrogen-bond acceptors (Lipinski definition) is 3. The molecule has 0 unspecified atom stereocenters. The second-order valence-corrected chi connectivity index (χ2v) is 9.91. The number of thioether (sulfide) groups is 1. The van der Waals surface area contributed by atoms with Crippen LogP contribution in [0.15, 0.2) is 83.8 Å². The number of hydrogen-bond donors (Lipinski definition) is 1. The van der Waals surface area contributed by atoms with Crippen molar-refractivity contribution in [1.29, 1.82) is 0 Å². The molecule has 190 valence electrons. The number of alkyl halides is 6. The average molecular weight is 526 g/mol. The van der Waals surface area contributed by atoms with E-state index in [1.165, 1.54) is 4.90 Å². The van der Waals surface area contributed by atoms with Crippen LogP contribution in [0.3, 0.4) is 0 Å². The summed E-state index contributed by atoms with van der Waals surface area (Å²) in [5.74, 6) is -0.363. The average Bonchev–Trinajstić information content (AvgIpc) is 2.82. The fourth-order valence-corrected chi connectivity index (χ4v) is 5.65. The van der Waals surface area contributed by atoms with Crippen molar-refractivity contribution in [2.75, 3.05) is 4.90 Å². The molecule has 36 heavy (non-hydrogen) atoms. The van der Waals surface area contributed by atoms with E-state index in [1.807, 2.05) is 12.1 Å². The molecule has 0 spiro atoms. The number of rotatable bonds is 4. The van der Waals surface area contributed by atoms with Crippen molar-refractivity contribution < 1.29 is 36.2 Å². The first-order valence-electron chi connectivity index (χ1n) is 10.9. The van der Waals surface area contributed by atoms with Crippen LogP contribution in [0.1, 0.15) is 29.7 Å². The van der Waals surface area contributed by atoms with Gasteiger partial charge in [0.1, 0.15) is 0 Å². The molecule has 0 radical (unpaired) electrons. The van der Waals surface area contributed by atoms with E-state index < -0.39 is 34.8 Å². The molecular formula is C26H21F6NO2S. The zero-order valence-corrected chi connectivity index (χ0v) is 19.7. The van der Waals surface area contributed by atoms with E-state index in [1.54, 1.807) is 55.5 Å². The Balaban J connectivity index is 1.84. The van der Waals surface area contributed by atoms with Gasteiger partial charge >= 0.3 is 12.4 Å². The first-order valence-corrected chi connectivity index (χ1v) is 11.8. The zero-order valence-electron chi connectivity index (χ0n) is 18.8. The van der Waals surface area contributed by atoms with Crippen molar-refractivity contribution in [3.63, 3.8) is 0 Å². The molecule has 1 aliphatic heterocycles. The lowest BCUT2D eigenvalue weighted by molar-refractivity contribution is -0.376. The summed E-state index contributed by atoms with van der Waals surface area (Å²) in [6.45, 7) is 1.75. The fraction of sp³-hybridized carbons (Fsp3) is 0.269. The number of benzene rings is 3. The second-order valence-electron chi connectivity index (χ2n) is 8.49. The minimum Gasteiger partial charge on any atom is -0.369 e. The molecule has 0 aromatic heterocycles. The summed E-state index contributed by atoms with van der Waals surface area (Å²) in [6.07, 6.45) is -12.0. The minimum atomic E-state index is -6.00. The van der Waals surface area contributed by atoms with Gasteiger partial charge in [0.2, 0.25) is 5.91 Å². The zero-order chi connectivity index (χ0) is 26.3. The number of nitrogens with zero attached hydrogens (tertiary/aromatic N) is 1. The summed E-state index contributed by atoms with van der Waals surface area (Å²) < 4.78 is 80.9. The van der Waals surface area contributed by atoms with Gasteiger partial charge in [-0.1, -0.05) is 73.7 Å². The Labute approximate surface area is 207 Å². The van der Waals surface area contributed by atoms with Gasteiger partial charge < -0.3 is 10.0 Å². The van der Waals surface area contributed by atoms with Gasteiger partial charge in [0, 0.05) is 15.7 Å². The molecule has 1 aliphatic rings. The molecule has 0 fully saturated rings. The van der Waals surface area contributed by atoms with E-state index in [2.05, 4.69) is 0 Å². The summed E-state index contributed by atoms with van der Waals surface area (Å²) in [6, 6.07) is 19.6. The summed E-state index contributed by atoms with van der Waals surface area (Å²) in [5.41, 5.74) is -4.73. The fourth-order valence-electron chi connectivity index (χ4n) is 4.36. The predicted molar refractivity (Wildman–Crippen MR) is 125 cm³/mol. The first-order chi connectivity index (χ1) is 16.8. The van der Waals surface area contributed by atoms with Crippen LogP contribution in [0.5, 0.6) is 0 Å². The van der Waals surface area contributed by atoms with E-state index >= 15 is 0 Å². The van der Waals surface area contributed by atoms with Crippen molar-refractivity contribution in [1.82, 2.24) is 0 Å². The normalized spacial score (nSPS) is 18.6. The molecule has 1 N–H and O–H groups in total. The Morgan fingerprint density at radius 3 is 2.00 bits per heavy atom. The highest BCUT2D eigenvalue weighted by molar-refractivity contribution is 8.00. The third kappa shape index (κ3) is 4.59. The van der Waals surface area contributed by atoms with Crippen LogP contribution in [-0.2, 0) is 16.8 Å². The van der Waals surface area contributed by atoms with Crippen LogP contribution in [0.4, 0.5) is 32.0 Å². The smallest absolute Gasteiger partial charge is 0.369 e. The van der Waals surface area contributed by atoms with E-state index in [0.717, 1.165) is 23.4 Å². The number of amides is 1. The largest absolute Gasteiger partial charge is 0.430 e. The maximum absolute atomic E-state index is 13.6. The van der Waals surface area contributed by atoms with Gasteiger partial charge in [0.15, 0.2) is 0 Å². The van der Waals surface area contributed by atoms with Gasteiger partial charge in [0.25, 0.3) is 5.60 Å². The number of halogens is 6. The second kappa shape index (κ2) is 9.48. The van der Waals surface area contributed by atoms with E-state index in [-0.39, 0.29) is 22.9 Å². The Kier molecular flexibility index (Phi) is 6.87. The maximum atomic E-state index is 13.6. The topological polar surface area (TPSA) is 40.5 Å². The van der Waals surface area contributed by atoms with E-state index in [9.17, 15) is 36.2 Å². The Bertz CT molecular complexity index is 1220. The minimum absolute atomic E-state index is 0.0161. The summed E-state index contributed by atoms with van der Waals surface area (Å²) in [7, 11) is 0. The van der Waals surface area contributed by atoms with Crippen molar-refractivity contribution in [2.45, 2.75) is 47.5 Å². The Morgan fingerprint density at radius 1 is 0.889 bits per heavy atom. The van der Waals surface area contributed by atoms with Gasteiger partial charge in [-0.3, -0.25) is 4.79 Å². The third-order valence-electron chi connectivity index (χ3n) is 6.10. The van der Waals surface area contributed by atoms with Crippen LogP contribution in [0.25, 0.3) is 0 Å². The highest BCUT2D eigenvalue weighted by atomic mass is 32.2. The number of fused-ring (bicyclic) bond motifs is 1. The molecule has 3 nitrogen and oxygen atoms in total. The van der Waals surface area contributed by atoms with Crippen molar-refractivity contribution in [3.8, 4) is 0 Å². The molecule has 4 rings (SSSR count). The summed E-state index contributed by atoms with van der Waals surface area (Å²) in [4.78, 5) is 15.0. The van der Waals surface area contributed by atoms with Crippen LogP contribution in [0, 0.1) is 0 Å². The molecule has 0 saturated carbocycles. The molecule has 10 heteroatoms. The van der Waals surface area contributed by atoms with Crippen LogP contribution in [-0.4, -0.2) is 28.6 Å². The molecule has 3 aromatic carbocycles. The standard InChI is InChI=1S/C26H21F6NO2S/c1-16-23(18-10-6-3-7-11-18)33(22(34)14-17-8-4-2-5-9-17)20-13-12-19(15-21(20)36-16)24(35,25(27,28)29)26(30,31)32/h2-13,15-16,23,35H,14H2,1H3/t16-,23-/m1/s1. The third-order valence-corrected chi connectivity index (χ3v) is 7.31. The van der Waals surface area contributed by atoms with E-state index in [4.69, 9.17) is 0 Å². The van der Waals surface area contributed by atoms with E-state index in [0.29, 0.717) is 17.7 Å². The highest BCUT2D eigenvalue weighted by Crippen LogP contribution is 2.53. The lowest BCUT2D eigenvalue weighted by atomic mass is 9.91. The van der Waals surface area contributed by atoms with Crippen molar-refractivity contribution in [3.05, 3.63) is 95.6 Å². The quantitative estimate of drug-likeness (QED) is 0.381. The lowest BCUT2D eigenvalue weighted by Gasteiger charge is -2.42. The van der Waals surface area contributed by atoms with Crippen molar-refractivity contribution >= 4 is 23.4 Å². The number of carbonyl (C=O) groups is 1. The van der Waals surface area contributed by atoms with Crippen LogP contribution < -0.4 is 4.90 Å². The molecule has 0 aliphatic carbocycles. The Morgan fingerprint density at radius 2 is 1.44 bits per heavy atom. The molecule has 0 saturated heterocycles. The highest BCUT2D eigenvalue weighted by Gasteiger charge is 2.71. The van der Waals surface area contributed by atoms with Gasteiger partial charge in [-0.25, -0.2) is 0 Å². The summed E-state index contributed by atoms with van der Waals surface area (Å²) >= 11 is 1.05. The molecule has 1 amide bonds. The van der Waals surface area contributed by atoms with Crippen LogP contribution >= 0.6 is 11.8 Å². The van der Waals surface area contributed by atoms with Crippen molar-refractivity contribution in [2.24, 2.45) is 0 Å². The maximum Gasteiger partial charge on any atom is 0.430 e. The van der Waals surface area contributed by atoms with Gasteiger partial charge in [-0.15, -0.1) is 11.8 Å². The first kappa shape index (κ1) is 26.1. The molecule has 3 aromatic rings. The monoisotopic (exact) mass is 525 g/mol. The molecular weight excluding hydrogens is 504 g/mol. The molecule has 0 bridgehead atoms. The van der Waals surface area contributed by atoms with Crippen LogP contribution in [0.2, 0.25) is 0 Å². The number of aliphatic hydroxyl groups is 1. The lowest BCUT2D eigenvalue weighted by Crippen LogP contribution is -2.54. The van der Waals surface area contributed by atoms with Gasteiger partial charge in [0.05, 0.1) is 18.2 Å². The van der Waals surface area contributed by atoms with Gasteiger partial charge in [-0.05, 0) is 23.3 Å². The van der Waals surface area contributed by atoms with Gasteiger partial charge in [-0.2, -0.15) is 26.3 Å². The molecule has 1 heterocycles. The molecule has 2 atom stereocenters. The SMILES string of the molecule is C[C@H]1Sc2cc(C(O)(C(F)(F)F)C(F)(F)F)ccc2N(C(=O)Cc2ccccc2)[C@H]1c1ccccc1.